The number of para-hydroxylation sites is 1. The highest BCUT2D eigenvalue weighted by molar-refractivity contribution is 5.91. The monoisotopic (exact) mass is 287 g/mol. The summed E-state index contributed by atoms with van der Waals surface area (Å²) in [6.07, 6.45) is -2.99. The number of hydrogen-bond donors (Lipinski definition) is 1. The van der Waals surface area contributed by atoms with Gasteiger partial charge < -0.3 is 10.1 Å². The van der Waals surface area contributed by atoms with Crippen LogP contribution in [0.5, 0.6) is 0 Å². The van der Waals surface area contributed by atoms with Gasteiger partial charge in [-0.15, -0.1) is 0 Å². The fourth-order valence-electron chi connectivity index (χ4n) is 1.71. The number of nitrogens with one attached hydrogen (secondary N) is 1. The van der Waals surface area contributed by atoms with Gasteiger partial charge in [-0.2, -0.15) is 13.2 Å². The molecule has 0 fully saturated rings. The standard InChI is InChI=1S/C14H16F3NO2/c1-10(19)6-2-5-9-13(20)18-12-8-4-3-7-11(12)14(15,16)17/h3-4,7-8H,2,5-6,9H2,1H3,(H,18,20). The lowest BCUT2D eigenvalue weighted by molar-refractivity contribution is -0.137. The third-order valence-electron chi connectivity index (χ3n) is 2.69. The second kappa shape index (κ2) is 7.07. The van der Waals surface area contributed by atoms with Gasteiger partial charge in [-0.25, -0.2) is 0 Å². The van der Waals surface area contributed by atoms with E-state index in [-0.39, 0.29) is 17.9 Å². The van der Waals surface area contributed by atoms with Crippen molar-refractivity contribution in [2.75, 3.05) is 5.32 Å². The molecule has 6 heteroatoms. The molecular weight excluding hydrogens is 271 g/mol. The van der Waals surface area contributed by atoms with Gasteiger partial charge in [0.15, 0.2) is 0 Å². The topological polar surface area (TPSA) is 46.2 Å². The fourth-order valence-corrected chi connectivity index (χ4v) is 1.71. The highest BCUT2D eigenvalue weighted by atomic mass is 19.4. The number of unbranched alkanes of at least 4 members (excludes halogenated alkanes) is 1. The second-order valence-corrected chi connectivity index (χ2v) is 4.50. The van der Waals surface area contributed by atoms with Gasteiger partial charge in [0, 0.05) is 12.8 Å². The zero-order valence-corrected chi connectivity index (χ0v) is 11.1. The third kappa shape index (κ3) is 5.42. The summed E-state index contributed by atoms with van der Waals surface area (Å²) >= 11 is 0. The Kier molecular flexibility index (Phi) is 5.73. The SMILES string of the molecule is CC(=O)CCCCC(=O)Nc1ccccc1C(F)(F)F. The molecule has 1 aromatic carbocycles. The minimum absolute atomic E-state index is 0.0350. The van der Waals surface area contributed by atoms with Crippen LogP contribution in [0.3, 0.4) is 0 Å². The van der Waals surface area contributed by atoms with E-state index in [4.69, 9.17) is 0 Å². The summed E-state index contributed by atoms with van der Waals surface area (Å²) in [5.41, 5.74) is -1.10. The summed E-state index contributed by atoms with van der Waals surface area (Å²) in [6.45, 7) is 1.46. The highest BCUT2D eigenvalue weighted by Crippen LogP contribution is 2.34. The van der Waals surface area contributed by atoms with Crippen LogP contribution in [0.2, 0.25) is 0 Å². The summed E-state index contributed by atoms with van der Waals surface area (Å²) in [7, 11) is 0. The van der Waals surface area contributed by atoms with E-state index in [1.807, 2.05) is 0 Å². The first-order valence-electron chi connectivity index (χ1n) is 6.26. The first kappa shape index (κ1) is 16.2. The molecule has 1 amide bonds. The van der Waals surface area contributed by atoms with Crippen LogP contribution < -0.4 is 5.32 Å². The van der Waals surface area contributed by atoms with Gasteiger partial charge in [-0.3, -0.25) is 4.79 Å². The van der Waals surface area contributed by atoms with E-state index < -0.39 is 17.6 Å². The minimum Gasteiger partial charge on any atom is -0.326 e. The van der Waals surface area contributed by atoms with Gasteiger partial charge in [-0.1, -0.05) is 12.1 Å². The van der Waals surface area contributed by atoms with Gasteiger partial charge in [0.1, 0.15) is 5.78 Å². The molecule has 1 rings (SSSR count). The number of hydrogen-bond acceptors (Lipinski definition) is 2. The molecule has 0 aliphatic carbocycles. The van der Waals surface area contributed by atoms with Crippen LogP contribution in [0.1, 0.15) is 38.2 Å². The van der Waals surface area contributed by atoms with Crippen molar-refractivity contribution in [3.05, 3.63) is 29.8 Å². The minimum atomic E-state index is -4.50. The molecule has 0 heterocycles. The molecule has 3 nitrogen and oxygen atoms in total. The molecule has 0 aliphatic heterocycles. The number of rotatable bonds is 6. The van der Waals surface area contributed by atoms with E-state index in [9.17, 15) is 22.8 Å². The first-order valence-corrected chi connectivity index (χ1v) is 6.26. The average molecular weight is 287 g/mol. The van der Waals surface area contributed by atoms with Crippen LogP contribution in [-0.4, -0.2) is 11.7 Å². The Bertz CT molecular complexity index is 484. The molecule has 1 aromatic rings. The van der Waals surface area contributed by atoms with Crippen LogP contribution in [0.25, 0.3) is 0 Å². The van der Waals surface area contributed by atoms with Crippen LogP contribution in [0, 0.1) is 0 Å². The lowest BCUT2D eigenvalue weighted by Crippen LogP contribution is -2.16. The number of anilines is 1. The molecule has 110 valence electrons. The quantitative estimate of drug-likeness (QED) is 0.809. The Balaban J connectivity index is 2.56. The van der Waals surface area contributed by atoms with Crippen molar-refractivity contribution in [3.8, 4) is 0 Å². The van der Waals surface area contributed by atoms with Crippen LogP contribution in [-0.2, 0) is 15.8 Å². The molecule has 0 radical (unpaired) electrons. The predicted octanol–water partition coefficient (Wildman–Crippen LogP) is 3.79. The van der Waals surface area contributed by atoms with E-state index in [1.54, 1.807) is 0 Å². The number of ketones is 1. The van der Waals surface area contributed by atoms with Crippen molar-refractivity contribution in [1.29, 1.82) is 0 Å². The second-order valence-electron chi connectivity index (χ2n) is 4.50. The lowest BCUT2D eigenvalue weighted by Gasteiger charge is -2.13. The summed E-state index contributed by atoms with van der Waals surface area (Å²) in [5.74, 6) is -0.446. The average Bonchev–Trinajstić information content (AvgIpc) is 2.34. The van der Waals surface area contributed by atoms with Crippen molar-refractivity contribution in [3.63, 3.8) is 0 Å². The number of carbonyl (C=O) groups is 2. The zero-order valence-electron chi connectivity index (χ0n) is 11.1. The molecule has 0 unspecified atom stereocenters. The molecule has 0 saturated heterocycles. The fraction of sp³-hybridized carbons (Fsp3) is 0.429. The Morgan fingerprint density at radius 2 is 1.70 bits per heavy atom. The number of halogens is 3. The number of benzene rings is 1. The smallest absolute Gasteiger partial charge is 0.326 e. The molecule has 1 N–H and O–H groups in total. The summed E-state index contributed by atoms with van der Waals surface area (Å²) < 4.78 is 38.1. The third-order valence-corrected chi connectivity index (χ3v) is 2.69. The van der Waals surface area contributed by atoms with Gasteiger partial charge in [0.05, 0.1) is 11.3 Å². The zero-order chi connectivity index (χ0) is 15.2. The first-order chi connectivity index (χ1) is 9.30. The van der Waals surface area contributed by atoms with Crippen LogP contribution in [0.4, 0.5) is 18.9 Å². The molecular formula is C14H16F3NO2. The molecule has 0 bridgehead atoms. The molecule has 0 saturated carbocycles. The predicted molar refractivity (Wildman–Crippen MR) is 69.2 cm³/mol. The van der Waals surface area contributed by atoms with Crippen molar-refractivity contribution in [2.45, 2.75) is 38.8 Å². The lowest BCUT2D eigenvalue weighted by atomic mass is 10.1. The number of carbonyl (C=O) groups excluding carboxylic acids is 2. The van der Waals surface area contributed by atoms with E-state index >= 15 is 0 Å². The van der Waals surface area contributed by atoms with E-state index in [1.165, 1.54) is 25.1 Å². The summed E-state index contributed by atoms with van der Waals surface area (Å²) in [5, 5.41) is 2.26. The van der Waals surface area contributed by atoms with Gasteiger partial charge in [-0.05, 0) is 31.9 Å². The van der Waals surface area contributed by atoms with Crippen molar-refractivity contribution >= 4 is 17.4 Å². The number of Topliss-reactive ketones (excluding diaryl/α,β-unsaturated/α-hetero) is 1. The summed E-state index contributed by atoms with van der Waals surface area (Å²) in [6, 6.07) is 4.84. The van der Waals surface area contributed by atoms with Crippen LogP contribution >= 0.6 is 0 Å². The Hall–Kier alpha value is -1.85. The van der Waals surface area contributed by atoms with E-state index in [0.717, 1.165) is 6.07 Å². The van der Waals surface area contributed by atoms with Crippen molar-refractivity contribution < 1.29 is 22.8 Å². The molecule has 20 heavy (non-hydrogen) atoms. The van der Waals surface area contributed by atoms with Crippen LogP contribution in [0.15, 0.2) is 24.3 Å². The van der Waals surface area contributed by atoms with Gasteiger partial charge in [0.2, 0.25) is 5.91 Å². The Morgan fingerprint density at radius 1 is 1.10 bits per heavy atom. The number of amides is 1. The summed E-state index contributed by atoms with van der Waals surface area (Å²) in [4.78, 5) is 22.3. The maximum Gasteiger partial charge on any atom is 0.418 e. The number of alkyl halides is 3. The maximum absolute atomic E-state index is 12.7. The highest BCUT2D eigenvalue weighted by Gasteiger charge is 2.33. The largest absolute Gasteiger partial charge is 0.418 e. The van der Waals surface area contributed by atoms with E-state index in [0.29, 0.717) is 19.3 Å². The molecule has 0 aliphatic rings. The molecule has 0 spiro atoms. The van der Waals surface area contributed by atoms with Gasteiger partial charge >= 0.3 is 6.18 Å². The molecule has 0 aromatic heterocycles. The van der Waals surface area contributed by atoms with Crippen molar-refractivity contribution in [1.82, 2.24) is 0 Å². The maximum atomic E-state index is 12.7. The Labute approximate surface area is 115 Å². The van der Waals surface area contributed by atoms with E-state index in [2.05, 4.69) is 5.32 Å². The van der Waals surface area contributed by atoms with Crippen molar-refractivity contribution in [2.24, 2.45) is 0 Å². The Morgan fingerprint density at radius 3 is 2.30 bits per heavy atom. The van der Waals surface area contributed by atoms with Gasteiger partial charge in [0.25, 0.3) is 0 Å². The molecule has 0 atom stereocenters. The normalized spacial score (nSPS) is 11.2.